The number of carbonyl (C=O) groups excluding carboxylic acids is 1. The van der Waals surface area contributed by atoms with Gasteiger partial charge in [-0.1, -0.05) is 0 Å². The van der Waals surface area contributed by atoms with Gasteiger partial charge in [0.2, 0.25) is 5.91 Å². The molecule has 1 aromatic carbocycles. The van der Waals surface area contributed by atoms with Crippen molar-refractivity contribution in [3.8, 4) is 11.8 Å². The van der Waals surface area contributed by atoms with Gasteiger partial charge in [0.1, 0.15) is 5.75 Å². The molecule has 3 N–H and O–H groups in total. The van der Waals surface area contributed by atoms with Crippen molar-refractivity contribution in [1.82, 2.24) is 10.2 Å². The van der Waals surface area contributed by atoms with Gasteiger partial charge in [-0.3, -0.25) is 4.79 Å². The van der Waals surface area contributed by atoms with Crippen molar-refractivity contribution in [3.63, 3.8) is 0 Å². The Hall–Kier alpha value is -2.36. The second-order valence-corrected chi connectivity index (χ2v) is 4.75. The third-order valence-corrected chi connectivity index (χ3v) is 3.38. The Morgan fingerprint density at radius 1 is 1.43 bits per heavy atom. The van der Waals surface area contributed by atoms with Gasteiger partial charge in [0.05, 0.1) is 18.2 Å². The average Bonchev–Trinajstić information content (AvgIpc) is 2.54. The van der Waals surface area contributed by atoms with Crippen molar-refractivity contribution in [1.29, 1.82) is 5.26 Å². The number of rotatable bonds is 3. The van der Waals surface area contributed by atoms with Gasteiger partial charge in [0.25, 0.3) is 0 Å². The highest BCUT2D eigenvalue weighted by Crippen LogP contribution is 2.23. The number of hydrogen-bond acceptors (Lipinski definition) is 5. The van der Waals surface area contributed by atoms with E-state index >= 15 is 0 Å². The number of phenols is 1. The zero-order valence-electron chi connectivity index (χ0n) is 11.5. The zero-order valence-corrected chi connectivity index (χ0v) is 11.5. The summed E-state index contributed by atoms with van der Waals surface area (Å²) in [6.07, 6.45) is 1.30. The minimum atomic E-state index is -0.329. The number of aliphatic hydroxyl groups is 1. The number of nitriles is 1. The van der Waals surface area contributed by atoms with E-state index < -0.39 is 0 Å². The van der Waals surface area contributed by atoms with E-state index in [0.717, 1.165) is 13.1 Å². The molecule has 1 aromatic rings. The maximum absolute atomic E-state index is 12.1. The SMILES string of the molecule is N#CC(=CC(=O)N1CCNCC1)c1ccc(O)c(CO)c1. The summed E-state index contributed by atoms with van der Waals surface area (Å²) in [5.41, 5.74) is 1.04. The topological polar surface area (TPSA) is 96.6 Å². The first kappa shape index (κ1) is 15.0. The molecular weight excluding hydrogens is 270 g/mol. The van der Waals surface area contributed by atoms with Crippen molar-refractivity contribution in [2.75, 3.05) is 26.2 Å². The molecule has 6 nitrogen and oxygen atoms in total. The lowest BCUT2D eigenvalue weighted by molar-refractivity contribution is -0.126. The van der Waals surface area contributed by atoms with E-state index in [2.05, 4.69) is 5.32 Å². The third-order valence-electron chi connectivity index (χ3n) is 3.38. The van der Waals surface area contributed by atoms with E-state index in [-0.39, 0.29) is 23.8 Å². The number of amides is 1. The minimum absolute atomic E-state index is 0.0352. The standard InChI is InChI=1S/C15H17N3O3/c16-9-12(8-15(21)18-5-3-17-4-6-18)11-1-2-14(20)13(7-11)10-19/h1-2,7-8,17,19-20H,3-6,10H2. The lowest BCUT2D eigenvalue weighted by atomic mass is 10.0. The molecule has 1 heterocycles. The molecule has 110 valence electrons. The number of hydrogen-bond donors (Lipinski definition) is 3. The molecule has 0 saturated carbocycles. The molecule has 0 aliphatic carbocycles. The molecule has 2 rings (SSSR count). The summed E-state index contributed by atoms with van der Waals surface area (Å²) < 4.78 is 0. The van der Waals surface area contributed by atoms with Crippen LogP contribution in [0.2, 0.25) is 0 Å². The molecule has 1 saturated heterocycles. The van der Waals surface area contributed by atoms with Crippen LogP contribution in [-0.2, 0) is 11.4 Å². The van der Waals surface area contributed by atoms with Crippen LogP contribution in [0.4, 0.5) is 0 Å². The smallest absolute Gasteiger partial charge is 0.247 e. The normalized spacial score (nSPS) is 15.6. The Balaban J connectivity index is 2.24. The van der Waals surface area contributed by atoms with E-state index in [1.165, 1.54) is 18.2 Å². The van der Waals surface area contributed by atoms with Crippen LogP contribution in [-0.4, -0.2) is 47.2 Å². The van der Waals surface area contributed by atoms with Gasteiger partial charge in [-0.05, 0) is 23.8 Å². The fraction of sp³-hybridized carbons (Fsp3) is 0.333. The van der Waals surface area contributed by atoms with Crippen LogP contribution in [0, 0.1) is 11.3 Å². The highest BCUT2D eigenvalue weighted by atomic mass is 16.3. The summed E-state index contributed by atoms with van der Waals surface area (Å²) in [7, 11) is 0. The molecule has 0 atom stereocenters. The Morgan fingerprint density at radius 3 is 2.76 bits per heavy atom. The van der Waals surface area contributed by atoms with Crippen molar-refractivity contribution in [2.45, 2.75) is 6.61 Å². The van der Waals surface area contributed by atoms with E-state index in [1.54, 1.807) is 11.0 Å². The van der Waals surface area contributed by atoms with Crippen molar-refractivity contribution in [2.24, 2.45) is 0 Å². The lowest BCUT2D eigenvalue weighted by Gasteiger charge is -2.26. The van der Waals surface area contributed by atoms with Crippen molar-refractivity contribution < 1.29 is 15.0 Å². The zero-order chi connectivity index (χ0) is 15.2. The predicted octanol–water partition coefficient (Wildman–Crippen LogP) is 0.223. The van der Waals surface area contributed by atoms with Crippen LogP contribution in [0.3, 0.4) is 0 Å². The molecule has 1 fully saturated rings. The van der Waals surface area contributed by atoms with Gasteiger partial charge >= 0.3 is 0 Å². The average molecular weight is 287 g/mol. The molecule has 6 heteroatoms. The van der Waals surface area contributed by atoms with E-state index in [4.69, 9.17) is 5.11 Å². The fourth-order valence-electron chi connectivity index (χ4n) is 2.16. The molecule has 0 spiro atoms. The number of nitrogens with one attached hydrogen (secondary N) is 1. The molecular formula is C15H17N3O3. The molecule has 1 aliphatic rings. The maximum atomic E-state index is 12.1. The highest BCUT2D eigenvalue weighted by molar-refractivity contribution is 5.98. The minimum Gasteiger partial charge on any atom is -0.508 e. The monoisotopic (exact) mass is 287 g/mol. The van der Waals surface area contributed by atoms with Gasteiger partial charge in [-0.2, -0.15) is 5.26 Å². The summed E-state index contributed by atoms with van der Waals surface area (Å²) in [5.74, 6) is -0.237. The van der Waals surface area contributed by atoms with Crippen LogP contribution < -0.4 is 5.32 Å². The maximum Gasteiger partial charge on any atom is 0.247 e. The van der Waals surface area contributed by atoms with Crippen LogP contribution in [0.1, 0.15) is 11.1 Å². The summed E-state index contributed by atoms with van der Waals surface area (Å²) in [6.45, 7) is 2.39. The molecule has 21 heavy (non-hydrogen) atoms. The van der Waals surface area contributed by atoms with Crippen molar-refractivity contribution in [3.05, 3.63) is 35.4 Å². The Morgan fingerprint density at radius 2 is 2.14 bits per heavy atom. The first-order chi connectivity index (χ1) is 10.2. The quantitative estimate of drug-likeness (QED) is 0.546. The van der Waals surface area contributed by atoms with Gasteiger partial charge in [-0.15, -0.1) is 0 Å². The molecule has 0 radical (unpaired) electrons. The summed E-state index contributed by atoms with van der Waals surface area (Å²) in [5, 5.41) is 31.1. The van der Waals surface area contributed by atoms with Crippen molar-refractivity contribution >= 4 is 11.5 Å². The van der Waals surface area contributed by atoms with E-state index in [9.17, 15) is 15.2 Å². The third kappa shape index (κ3) is 3.60. The first-order valence-electron chi connectivity index (χ1n) is 6.70. The van der Waals surface area contributed by atoms with Crippen LogP contribution in [0.15, 0.2) is 24.3 Å². The Bertz CT molecular complexity index is 599. The number of nitrogens with zero attached hydrogens (tertiary/aromatic N) is 2. The van der Waals surface area contributed by atoms with Gasteiger partial charge in [0, 0.05) is 37.8 Å². The summed E-state index contributed by atoms with van der Waals surface area (Å²) in [6, 6.07) is 6.46. The number of aromatic hydroxyl groups is 1. The van der Waals surface area contributed by atoms with Gasteiger partial charge < -0.3 is 20.4 Å². The van der Waals surface area contributed by atoms with Crippen LogP contribution >= 0.6 is 0 Å². The summed E-state index contributed by atoms with van der Waals surface area (Å²) in [4.78, 5) is 13.8. The number of aliphatic hydroxyl groups excluding tert-OH is 1. The summed E-state index contributed by atoms with van der Waals surface area (Å²) >= 11 is 0. The molecule has 1 aliphatic heterocycles. The highest BCUT2D eigenvalue weighted by Gasteiger charge is 2.15. The first-order valence-corrected chi connectivity index (χ1v) is 6.70. The molecule has 1 amide bonds. The predicted molar refractivity (Wildman–Crippen MR) is 77.1 cm³/mol. The fourth-order valence-corrected chi connectivity index (χ4v) is 2.16. The number of carbonyl (C=O) groups is 1. The van der Waals surface area contributed by atoms with Crippen LogP contribution in [0.5, 0.6) is 5.75 Å². The van der Waals surface area contributed by atoms with E-state index in [0.29, 0.717) is 24.2 Å². The number of piperazine rings is 1. The Labute approximate surface area is 122 Å². The van der Waals surface area contributed by atoms with Gasteiger partial charge in [-0.25, -0.2) is 0 Å². The van der Waals surface area contributed by atoms with Crippen LogP contribution in [0.25, 0.3) is 5.57 Å². The number of allylic oxidation sites excluding steroid dienone is 1. The Kier molecular flexibility index (Phi) is 4.93. The second kappa shape index (κ2) is 6.88. The second-order valence-electron chi connectivity index (χ2n) is 4.75. The molecule has 0 unspecified atom stereocenters. The number of benzene rings is 1. The largest absolute Gasteiger partial charge is 0.508 e. The molecule has 0 aromatic heterocycles. The molecule has 0 bridgehead atoms. The van der Waals surface area contributed by atoms with Gasteiger partial charge in [0.15, 0.2) is 0 Å². The van der Waals surface area contributed by atoms with E-state index in [1.807, 2.05) is 6.07 Å². The lowest BCUT2D eigenvalue weighted by Crippen LogP contribution is -2.45.